The van der Waals surface area contributed by atoms with Gasteiger partial charge in [-0.25, -0.2) is 19.6 Å². The molecular weight excluding hydrogens is 816 g/mol. The molecule has 8 rings (SSSR count). The summed E-state index contributed by atoms with van der Waals surface area (Å²) in [4.78, 5) is 72.2. The molecule has 2 aliphatic rings. The van der Waals surface area contributed by atoms with Gasteiger partial charge in [0.1, 0.15) is 23.7 Å². The van der Waals surface area contributed by atoms with Crippen molar-refractivity contribution in [1.29, 1.82) is 0 Å². The lowest BCUT2D eigenvalue weighted by atomic mass is 9.98. The second-order valence-corrected chi connectivity index (χ2v) is 17.5. The second-order valence-electron chi connectivity index (χ2n) is 16.4. The van der Waals surface area contributed by atoms with Gasteiger partial charge in [0.2, 0.25) is 5.91 Å². The quantitative estimate of drug-likeness (QED) is 0.0895. The number of aromatic nitrogens is 4. The van der Waals surface area contributed by atoms with Crippen molar-refractivity contribution in [3.8, 4) is 33.6 Å². The van der Waals surface area contributed by atoms with Crippen LogP contribution in [-0.4, -0.2) is 93.8 Å². The van der Waals surface area contributed by atoms with Crippen molar-refractivity contribution in [3.05, 3.63) is 115 Å². The number of imidazole rings is 2. The first-order chi connectivity index (χ1) is 30.5. The molecule has 0 aliphatic carbocycles. The highest BCUT2D eigenvalue weighted by molar-refractivity contribution is 7.46. The van der Waals surface area contributed by atoms with Gasteiger partial charge in [-0.1, -0.05) is 89.2 Å². The van der Waals surface area contributed by atoms with E-state index in [1.807, 2.05) is 60.3 Å². The molecule has 14 nitrogen and oxygen atoms in total. The highest BCUT2D eigenvalue weighted by Gasteiger charge is 2.39. The molecule has 2 aliphatic heterocycles. The van der Waals surface area contributed by atoms with E-state index >= 15 is 0 Å². The Hall–Kier alpha value is -6.53. The largest absolute Gasteiger partial charge is 0.453 e. The molecule has 0 spiro atoms. The van der Waals surface area contributed by atoms with E-state index in [4.69, 9.17) is 19.4 Å². The number of carbonyl (C=O) groups excluding carboxylic acids is 4. The summed E-state index contributed by atoms with van der Waals surface area (Å²) in [5.41, 5.74) is 6.57. The molecule has 4 heterocycles. The highest BCUT2D eigenvalue weighted by Crippen LogP contribution is 2.36. The minimum Gasteiger partial charge on any atom is -0.453 e. The zero-order chi connectivity index (χ0) is 44.2. The first kappa shape index (κ1) is 43.1. The van der Waals surface area contributed by atoms with Crippen LogP contribution in [0.4, 0.5) is 9.59 Å². The Labute approximate surface area is 368 Å². The number of methoxy groups -OCH3 is 2. The number of alkyl carbamates (subject to hydrolysis) is 2. The number of likely N-dealkylation sites (tertiary alicyclic amines) is 2. The number of aromatic amines is 2. The number of nitrogens with one attached hydrogen (secondary N) is 4. The van der Waals surface area contributed by atoms with Gasteiger partial charge in [-0.2, -0.15) is 0 Å². The molecule has 4 aromatic carbocycles. The van der Waals surface area contributed by atoms with Gasteiger partial charge >= 0.3 is 12.2 Å². The first-order valence-electron chi connectivity index (χ1n) is 21.4. The molecule has 63 heavy (non-hydrogen) atoms. The average molecular weight is 869 g/mol. The second kappa shape index (κ2) is 18.8. The number of benzene rings is 4. The van der Waals surface area contributed by atoms with Crippen molar-refractivity contribution in [2.24, 2.45) is 5.92 Å². The predicted octanol–water partition coefficient (Wildman–Crippen LogP) is 8.03. The van der Waals surface area contributed by atoms with E-state index in [1.165, 1.54) is 14.2 Å². The highest BCUT2D eigenvalue weighted by atomic mass is 31.1. The lowest BCUT2D eigenvalue weighted by Crippen LogP contribution is -2.51. The Bertz CT molecular complexity index is 2620. The molecule has 4 N–H and O–H groups in total. The minimum absolute atomic E-state index is 0.108. The summed E-state index contributed by atoms with van der Waals surface area (Å²) in [6.45, 7) is 7.04. The van der Waals surface area contributed by atoms with Crippen LogP contribution in [0.5, 0.6) is 0 Å². The Morgan fingerprint density at radius 1 is 0.683 bits per heavy atom. The zero-order valence-corrected chi connectivity index (χ0v) is 37.1. The molecule has 326 valence electrons. The fraction of sp³-hybridized carbons (Fsp3) is 0.333. The average Bonchev–Trinajstić information content (AvgIpc) is 4.16. The number of rotatable bonds is 12. The third-order valence-electron chi connectivity index (χ3n) is 12.2. The molecular formula is C48H53N8O6P. The monoisotopic (exact) mass is 868 g/mol. The van der Waals surface area contributed by atoms with Crippen LogP contribution in [0.3, 0.4) is 0 Å². The Balaban J connectivity index is 0.944. The van der Waals surface area contributed by atoms with Crippen molar-refractivity contribution in [2.75, 3.05) is 34.0 Å². The molecule has 15 heteroatoms. The minimum atomic E-state index is -0.880. The molecule has 2 fully saturated rings. The van der Waals surface area contributed by atoms with Crippen LogP contribution in [0.2, 0.25) is 0 Å². The Kier molecular flexibility index (Phi) is 12.9. The van der Waals surface area contributed by atoms with E-state index in [-0.39, 0.29) is 29.8 Å². The lowest BCUT2D eigenvalue weighted by molar-refractivity contribution is -0.135. The van der Waals surface area contributed by atoms with Gasteiger partial charge in [0, 0.05) is 18.7 Å². The number of fused-ring (bicyclic) bond motifs is 1. The number of nitrogens with zero attached hydrogens (tertiary/aromatic N) is 4. The molecule has 2 aromatic heterocycles. The number of carbonyl (C=O) groups is 4. The number of hydrogen-bond acceptors (Lipinski definition) is 8. The van der Waals surface area contributed by atoms with Gasteiger partial charge in [-0.05, 0) is 94.8 Å². The number of amides is 4. The number of ether oxygens (including phenoxy) is 2. The molecule has 4 amide bonds. The van der Waals surface area contributed by atoms with E-state index < -0.39 is 24.3 Å². The van der Waals surface area contributed by atoms with E-state index in [2.05, 4.69) is 87.9 Å². The van der Waals surface area contributed by atoms with Gasteiger partial charge < -0.3 is 39.9 Å². The number of H-pyrrole nitrogens is 2. The smallest absolute Gasteiger partial charge is 0.407 e. The van der Waals surface area contributed by atoms with Crippen molar-refractivity contribution < 1.29 is 28.7 Å². The van der Waals surface area contributed by atoms with E-state index in [1.54, 1.807) is 0 Å². The molecule has 0 radical (unpaired) electrons. The summed E-state index contributed by atoms with van der Waals surface area (Å²) >= 11 is 0. The maximum atomic E-state index is 14.1. The van der Waals surface area contributed by atoms with Crippen LogP contribution in [0.15, 0.2) is 97.3 Å². The van der Waals surface area contributed by atoms with Gasteiger partial charge in [0.05, 0.1) is 50.1 Å². The molecule has 6 aromatic rings. The van der Waals surface area contributed by atoms with Gasteiger partial charge in [-0.15, -0.1) is 0 Å². The van der Waals surface area contributed by atoms with Crippen LogP contribution < -0.4 is 15.9 Å². The summed E-state index contributed by atoms with van der Waals surface area (Å²) < 4.78 is 9.67. The fourth-order valence-corrected chi connectivity index (χ4v) is 9.33. The maximum absolute atomic E-state index is 14.1. The first-order valence-corrected chi connectivity index (χ1v) is 22.9. The summed E-state index contributed by atoms with van der Waals surface area (Å²) in [7, 11) is 3.14. The molecule has 5 atom stereocenters. The third kappa shape index (κ3) is 9.18. The summed E-state index contributed by atoms with van der Waals surface area (Å²) in [5, 5.41) is 8.76. The zero-order valence-electron chi connectivity index (χ0n) is 36.1. The summed E-state index contributed by atoms with van der Waals surface area (Å²) in [6.07, 6.45) is 5.55. The third-order valence-corrected chi connectivity index (χ3v) is 13.1. The van der Waals surface area contributed by atoms with E-state index in [0.717, 1.165) is 86.8 Å². The molecule has 0 saturated carbocycles. The topological polar surface area (TPSA) is 175 Å². The molecule has 0 bridgehead atoms. The standard InChI is InChI=1S/C48H53N8O6P/c1-28(2)41(53-47(59)61-3)45(57)55-21-7-11-39(55)44-50-27-38(52-44)34-20-19-32-23-31(17-18-33(32)24-34)29-13-15-30(16-14-29)37-26-49-43(51-37)40-12-8-22-56(40)46(58)42(54-48(60)62-4)35-9-6-10-36(25-35)63-5/h6,9-10,13-20,23-28,39-42,63H,7-8,11-12,21-22H2,1-5H3,(H,49,51)(H,50,52)(H,53,59)(H,54,60)/t39-,40-,41?,42+/m0/s1. The summed E-state index contributed by atoms with van der Waals surface area (Å²) in [5.74, 6) is 0.992. The fourth-order valence-electron chi connectivity index (χ4n) is 8.75. The molecule has 2 unspecified atom stereocenters. The van der Waals surface area contributed by atoms with Gasteiger partial charge in [0.25, 0.3) is 5.91 Å². The van der Waals surface area contributed by atoms with Gasteiger partial charge in [-0.3, -0.25) is 9.59 Å². The van der Waals surface area contributed by atoms with Crippen molar-refractivity contribution in [2.45, 2.75) is 63.7 Å². The Morgan fingerprint density at radius 2 is 1.22 bits per heavy atom. The van der Waals surface area contributed by atoms with Gasteiger partial charge in [0.15, 0.2) is 0 Å². The SMILES string of the molecule is COC(=O)NC(C(=O)N1CCC[C@H]1c1ncc(-c2ccc3cc(-c4ccc(-c5cnc([C@@H]6CCCN6C(=O)[C@H](NC(=O)OC)c6cccc(PC)c6)[nH]5)cc4)ccc3c2)[nH]1)C(C)C. The normalized spacial score (nSPS) is 17.4. The number of hydrogen-bond donors (Lipinski definition) is 4. The molecule has 2 saturated heterocycles. The van der Waals surface area contributed by atoms with Crippen LogP contribution in [0, 0.1) is 5.92 Å². The van der Waals surface area contributed by atoms with Crippen molar-refractivity contribution in [3.63, 3.8) is 0 Å². The van der Waals surface area contributed by atoms with Crippen LogP contribution in [0.25, 0.3) is 44.4 Å². The predicted molar refractivity (Wildman–Crippen MR) is 245 cm³/mol. The van der Waals surface area contributed by atoms with Crippen LogP contribution in [-0.2, 0) is 19.1 Å². The Morgan fingerprint density at radius 3 is 1.83 bits per heavy atom. The van der Waals surface area contributed by atoms with Crippen molar-refractivity contribution in [1.82, 2.24) is 40.4 Å². The maximum Gasteiger partial charge on any atom is 0.407 e. The lowest BCUT2D eigenvalue weighted by Gasteiger charge is -2.30. The van der Waals surface area contributed by atoms with Crippen molar-refractivity contribution >= 4 is 48.7 Å². The van der Waals surface area contributed by atoms with E-state index in [0.29, 0.717) is 27.5 Å². The van der Waals surface area contributed by atoms with Crippen LogP contribution in [0.1, 0.15) is 74.9 Å². The summed E-state index contributed by atoms with van der Waals surface area (Å²) in [6, 6.07) is 26.8. The van der Waals surface area contributed by atoms with Crippen LogP contribution >= 0.6 is 8.58 Å². The van der Waals surface area contributed by atoms with E-state index in [9.17, 15) is 19.2 Å².